The van der Waals surface area contributed by atoms with Crippen molar-refractivity contribution in [1.82, 2.24) is 9.13 Å². The lowest BCUT2D eigenvalue weighted by Gasteiger charge is -2.18. The number of hydrogen-bond donors (Lipinski definition) is 0. The van der Waals surface area contributed by atoms with Crippen molar-refractivity contribution in [2.45, 2.75) is 0 Å². The smallest absolute Gasteiger partial charge is 0.0626 e. The number of fused-ring (bicyclic) bond motifs is 9. The fourth-order valence-electron chi connectivity index (χ4n) is 10.1. The first-order valence-electron chi connectivity index (χ1n) is 20.1. The molecule has 13 rings (SSSR count). The highest BCUT2D eigenvalue weighted by molar-refractivity contribution is 6.39. The van der Waals surface area contributed by atoms with Crippen LogP contribution in [-0.4, -0.2) is 9.13 Å². The highest BCUT2D eigenvalue weighted by atomic mass is 15.0. The maximum absolute atomic E-state index is 2.52. The Bertz CT molecular complexity index is 3770. The summed E-state index contributed by atoms with van der Waals surface area (Å²) in [5.74, 6) is 0. The van der Waals surface area contributed by atoms with Gasteiger partial charge in [-0.15, -0.1) is 0 Å². The molecule has 58 heavy (non-hydrogen) atoms. The normalized spacial score (nSPS) is 12.1. The van der Waals surface area contributed by atoms with Crippen molar-refractivity contribution >= 4 is 86.7 Å². The highest BCUT2D eigenvalue weighted by Crippen LogP contribution is 2.48. The van der Waals surface area contributed by atoms with Crippen LogP contribution < -0.4 is 0 Å². The molecule has 0 aliphatic heterocycles. The van der Waals surface area contributed by atoms with Crippen LogP contribution in [0.15, 0.2) is 206 Å². The van der Waals surface area contributed by atoms with E-state index in [1.165, 1.54) is 115 Å². The third-order valence-corrected chi connectivity index (χ3v) is 12.6. The molecule has 0 aliphatic carbocycles. The lowest BCUT2D eigenvalue weighted by atomic mass is 9.86. The first-order valence-corrected chi connectivity index (χ1v) is 20.1. The zero-order valence-corrected chi connectivity index (χ0v) is 31.5. The van der Waals surface area contributed by atoms with Gasteiger partial charge in [0, 0.05) is 43.7 Å². The number of nitrogens with zero attached hydrogens (tertiary/aromatic N) is 2. The summed E-state index contributed by atoms with van der Waals surface area (Å²) >= 11 is 0. The number of rotatable bonds is 4. The fourth-order valence-corrected chi connectivity index (χ4v) is 10.1. The van der Waals surface area contributed by atoms with Gasteiger partial charge in [0.1, 0.15) is 0 Å². The predicted molar refractivity (Wildman–Crippen MR) is 247 cm³/mol. The summed E-state index contributed by atoms with van der Waals surface area (Å²) in [7, 11) is 0. The Morgan fingerprint density at radius 3 is 1.74 bits per heavy atom. The van der Waals surface area contributed by atoms with Gasteiger partial charge in [-0.2, -0.15) is 0 Å². The first-order chi connectivity index (χ1) is 28.8. The number of hydrogen-bond acceptors (Lipinski definition) is 0. The SMILES string of the molecule is c1ccc(-n2c3ccccc3c3cc(-c4ccc5c6c7cccc8cc(-c9ccc%10ccccc%10c9)c9cccc(c9c87)c6n(-c6ccccc6)c5c4)ccc32)cc1. The van der Waals surface area contributed by atoms with Gasteiger partial charge in [0.25, 0.3) is 0 Å². The molecule has 0 unspecified atom stereocenters. The molecule has 268 valence electrons. The molecule has 11 aromatic carbocycles. The van der Waals surface area contributed by atoms with Gasteiger partial charge in [0.2, 0.25) is 0 Å². The quantitative estimate of drug-likeness (QED) is 0.159. The second-order valence-corrected chi connectivity index (χ2v) is 15.7. The number of benzene rings is 11. The molecule has 2 heteroatoms. The molecule has 0 saturated heterocycles. The molecule has 0 radical (unpaired) electrons. The van der Waals surface area contributed by atoms with Crippen molar-refractivity contribution in [3.05, 3.63) is 206 Å². The zero-order valence-electron chi connectivity index (χ0n) is 31.5. The van der Waals surface area contributed by atoms with E-state index in [0.717, 1.165) is 5.69 Å². The Morgan fingerprint density at radius 2 is 0.879 bits per heavy atom. The predicted octanol–water partition coefficient (Wildman–Crippen LogP) is 15.3. The van der Waals surface area contributed by atoms with E-state index in [2.05, 4.69) is 215 Å². The van der Waals surface area contributed by atoms with Crippen LogP contribution in [0.5, 0.6) is 0 Å². The second kappa shape index (κ2) is 11.9. The van der Waals surface area contributed by atoms with Gasteiger partial charge in [-0.1, -0.05) is 146 Å². The lowest BCUT2D eigenvalue weighted by molar-refractivity contribution is 1.18. The maximum atomic E-state index is 2.52. The van der Waals surface area contributed by atoms with Crippen LogP contribution in [0.3, 0.4) is 0 Å². The summed E-state index contributed by atoms with van der Waals surface area (Å²) in [5.41, 5.74) is 12.1. The summed E-state index contributed by atoms with van der Waals surface area (Å²) in [6.45, 7) is 0. The molecule has 0 amide bonds. The summed E-state index contributed by atoms with van der Waals surface area (Å²) in [4.78, 5) is 0. The second-order valence-electron chi connectivity index (χ2n) is 15.7. The van der Waals surface area contributed by atoms with E-state index in [4.69, 9.17) is 0 Å². The Kier molecular flexibility index (Phi) is 6.47. The molecular formula is C56H34N2. The van der Waals surface area contributed by atoms with Crippen LogP contribution in [0.4, 0.5) is 0 Å². The van der Waals surface area contributed by atoms with Gasteiger partial charge in [0.15, 0.2) is 0 Å². The Labute approximate surface area is 334 Å². The largest absolute Gasteiger partial charge is 0.309 e. The fraction of sp³-hybridized carbons (Fsp3) is 0. The van der Waals surface area contributed by atoms with Crippen LogP contribution in [0.25, 0.3) is 120 Å². The zero-order chi connectivity index (χ0) is 37.9. The summed E-state index contributed by atoms with van der Waals surface area (Å²) in [6.07, 6.45) is 0. The van der Waals surface area contributed by atoms with Crippen molar-refractivity contribution in [2.75, 3.05) is 0 Å². The number of para-hydroxylation sites is 3. The van der Waals surface area contributed by atoms with Crippen molar-refractivity contribution in [1.29, 1.82) is 0 Å². The van der Waals surface area contributed by atoms with Gasteiger partial charge >= 0.3 is 0 Å². The minimum Gasteiger partial charge on any atom is -0.309 e. The molecule has 0 fully saturated rings. The average Bonchev–Trinajstić information content (AvgIpc) is 3.82. The Hall–Kier alpha value is -7.68. The monoisotopic (exact) mass is 734 g/mol. The van der Waals surface area contributed by atoms with Gasteiger partial charge in [-0.3, -0.25) is 0 Å². The third-order valence-electron chi connectivity index (χ3n) is 12.6. The Morgan fingerprint density at radius 1 is 0.259 bits per heavy atom. The van der Waals surface area contributed by atoms with E-state index in [1.54, 1.807) is 0 Å². The molecule has 13 aromatic rings. The van der Waals surface area contributed by atoms with E-state index in [1.807, 2.05) is 0 Å². The van der Waals surface area contributed by atoms with Crippen molar-refractivity contribution < 1.29 is 0 Å². The minimum atomic E-state index is 1.16. The molecular weight excluding hydrogens is 701 g/mol. The minimum absolute atomic E-state index is 1.16. The number of aromatic nitrogens is 2. The standard InChI is InChI=1S/C56H34N2/c1-3-16-41(17-4-1)57-50-24-10-9-20-43(50)49-32-37(28-30-51(49)57)38-27-29-45-52(34-38)58(42-18-5-2-6-19-42)56-47-23-12-21-44-48(39-26-25-35-13-7-8-14-36(35)31-39)33-40-15-11-22-46(55(45)56)53(40)54(44)47/h1-34H. The maximum Gasteiger partial charge on any atom is 0.0626 e. The lowest BCUT2D eigenvalue weighted by Crippen LogP contribution is -1.96. The summed E-state index contributed by atoms with van der Waals surface area (Å²) in [6, 6.07) is 76.3. The molecule has 0 spiro atoms. The van der Waals surface area contributed by atoms with Crippen LogP contribution in [-0.2, 0) is 0 Å². The topological polar surface area (TPSA) is 9.86 Å². The molecule has 0 bridgehead atoms. The molecule has 0 atom stereocenters. The molecule has 0 saturated carbocycles. The van der Waals surface area contributed by atoms with Crippen LogP contribution >= 0.6 is 0 Å². The van der Waals surface area contributed by atoms with E-state index < -0.39 is 0 Å². The van der Waals surface area contributed by atoms with Crippen LogP contribution in [0.1, 0.15) is 0 Å². The molecule has 2 aromatic heterocycles. The van der Waals surface area contributed by atoms with Crippen molar-refractivity contribution in [2.24, 2.45) is 0 Å². The van der Waals surface area contributed by atoms with E-state index >= 15 is 0 Å². The van der Waals surface area contributed by atoms with Gasteiger partial charge in [-0.05, 0) is 115 Å². The summed E-state index contributed by atoms with van der Waals surface area (Å²) in [5, 5.41) is 15.4. The van der Waals surface area contributed by atoms with Crippen molar-refractivity contribution in [3.63, 3.8) is 0 Å². The summed E-state index contributed by atoms with van der Waals surface area (Å²) < 4.78 is 4.91. The molecule has 2 nitrogen and oxygen atoms in total. The highest BCUT2D eigenvalue weighted by Gasteiger charge is 2.23. The average molecular weight is 735 g/mol. The molecule has 0 aliphatic rings. The Balaban J connectivity index is 1.11. The first kappa shape index (κ1) is 31.5. The van der Waals surface area contributed by atoms with Crippen LogP contribution in [0, 0.1) is 0 Å². The van der Waals surface area contributed by atoms with Crippen molar-refractivity contribution in [3.8, 4) is 33.6 Å². The third kappa shape index (κ3) is 4.37. The van der Waals surface area contributed by atoms with Gasteiger partial charge < -0.3 is 9.13 Å². The van der Waals surface area contributed by atoms with E-state index in [-0.39, 0.29) is 0 Å². The molecule has 0 N–H and O–H groups in total. The molecule has 2 heterocycles. The van der Waals surface area contributed by atoms with Crippen LogP contribution in [0.2, 0.25) is 0 Å². The van der Waals surface area contributed by atoms with E-state index in [0.29, 0.717) is 0 Å². The van der Waals surface area contributed by atoms with Gasteiger partial charge in [-0.25, -0.2) is 0 Å². The van der Waals surface area contributed by atoms with Gasteiger partial charge in [0.05, 0.1) is 22.1 Å². The van der Waals surface area contributed by atoms with E-state index in [9.17, 15) is 0 Å².